The van der Waals surface area contributed by atoms with Crippen molar-refractivity contribution in [3.05, 3.63) is 52.3 Å². The maximum atomic E-state index is 12.5. The number of para-hydroxylation sites is 1. The van der Waals surface area contributed by atoms with Gasteiger partial charge in [0.2, 0.25) is 0 Å². The number of aromatic nitrogens is 1. The van der Waals surface area contributed by atoms with E-state index in [2.05, 4.69) is 12.2 Å². The van der Waals surface area contributed by atoms with Crippen molar-refractivity contribution in [1.29, 1.82) is 0 Å². The Morgan fingerprint density at radius 1 is 1.18 bits per heavy atom. The van der Waals surface area contributed by atoms with E-state index < -0.39 is 0 Å². The molecule has 1 heterocycles. The minimum atomic E-state index is 0.0346. The van der Waals surface area contributed by atoms with Gasteiger partial charge < -0.3 is 14.6 Å². The molecule has 0 unspecified atom stereocenters. The fourth-order valence-electron chi connectivity index (χ4n) is 2.47. The number of pyridine rings is 1. The summed E-state index contributed by atoms with van der Waals surface area (Å²) in [6, 6.07) is 11.6. The highest BCUT2D eigenvalue weighted by Crippen LogP contribution is 2.28. The second-order valence-electron chi connectivity index (χ2n) is 5.34. The van der Waals surface area contributed by atoms with Crippen LogP contribution in [0.4, 0.5) is 0 Å². The standard InChI is InChI=1S/C18H24N2O2/c1-4-5-12-19-13-14-10-11-16(20(2)18(14)21)15-8-6-7-9-17(15)22-3/h6-11,19H,4-5,12-13H2,1-3H3. The molecule has 4 heteroatoms. The van der Waals surface area contributed by atoms with E-state index in [4.69, 9.17) is 4.74 Å². The van der Waals surface area contributed by atoms with Crippen LogP contribution in [0.2, 0.25) is 0 Å². The van der Waals surface area contributed by atoms with Gasteiger partial charge in [-0.1, -0.05) is 31.5 Å². The zero-order chi connectivity index (χ0) is 15.9. The van der Waals surface area contributed by atoms with E-state index in [1.165, 1.54) is 0 Å². The SMILES string of the molecule is CCCCNCc1ccc(-c2ccccc2OC)n(C)c1=O. The van der Waals surface area contributed by atoms with Crippen LogP contribution in [0.15, 0.2) is 41.2 Å². The van der Waals surface area contributed by atoms with Crippen LogP contribution >= 0.6 is 0 Å². The third-order valence-corrected chi connectivity index (χ3v) is 3.79. The zero-order valence-corrected chi connectivity index (χ0v) is 13.6. The molecule has 22 heavy (non-hydrogen) atoms. The Morgan fingerprint density at radius 3 is 2.68 bits per heavy atom. The smallest absolute Gasteiger partial charge is 0.255 e. The van der Waals surface area contributed by atoms with Gasteiger partial charge in [-0.2, -0.15) is 0 Å². The first kappa shape index (κ1) is 16.3. The monoisotopic (exact) mass is 300 g/mol. The van der Waals surface area contributed by atoms with Gasteiger partial charge >= 0.3 is 0 Å². The highest BCUT2D eigenvalue weighted by atomic mass is 16.5. The van der Waals surface area contributed by atoms with Crippen molar-refractivity contribution in [1.82, 2.24) is 9.88 Å². The topological polar surface area (TPSA) is 43.3 Å². The number of rotatable bonds is 7. The fraction of sp³-hybridized carbons (Fsp3) is 0.389. The molecule has 2 aromatic rings. The lowest BCUT2D eigenvalue weighted by molar-refractivity contribution is 0.416. The molecule has 0 saturated heterocycles. The molecule has 0 radical (unpaired) electrons. The van der Waals surface area contributed by atoms with Crippen molar-refractivity contribution in [2.75, 3.05) is 13.7 Å². The second kappa shape index (κ2) is 7.80. The van der Waals surface area contributed by atoms with Gasteiger partial charge in [-0.3, -0.25) is 4.79 Å². The van der Waals surface area contributed by atoms with Gasteiger partial charge in [0.25, 0.3) is 5.56 Å². The average molecular weight is 300 g/mol. The van der Waals surface area contributed by atoms with Crippen LogP contribution in [0.1, 0.15) is 25.3 Å². The maximum Gasteiger partial charge on any atom is 0.255 e. The van der Waals surface area contributed by atoms with Crippen molar-refractivity contribution in [2.45, 2.75) is 26.3 Å². The molecule has 2 rings (SSSR count). The van der Waals surface area contributed by atoms with Crippen molar-refractivity contribution < 1.29 is 4.74 Å². The molecule has 0 aliphatic heterocycles. The number of hydrogen-bond donors (Lipinski definition) is 1. The van der Waals surface area contributed by atoms with E-state index in [1.54, 1.807) is 18.7 Å². The average Bonchev–Trinajstić information content (AvgIpc) is 2.55. The molecule has 0 atom stereocenters. The summed E-state index contributed by atoms with van der Waals surface area (Å²) < 4.78 is 7.08. The first-order valence-electron chi connectivity index (χ1n) is 7.72. The Bertz CT molecular complexity index is 677. The van der Waals surface area contributed by atoms with Gasteiger partial charge in [0.1, 0.15) is 5.75 Å². The lowest BCUT2D eigenvalue weighted by Gasteiger charge is -2.13. The molecule has 1 aromatic heterocycles. The Kier molecular flexibility index (Phi) is 5.78. The quantitative estimate of drug-likeness (QED) is 0.800. The summed E-state index contributed by atoms with van der Waals surface area (Å²) in [5.41, 5.74) is 2.61. The summed E-state index contributed by atoms with van der Waals surface area (Å²) in [7, 11) is 3.45. The molecule has 4 nitrogen and oxygen atoms in total. The number of ether oxygens (including phenoxy) is 1. The van der Waals surface area contributed by atoms with E-state index in [9.17, 15) is 4.79 Å². The molecule has 1 aromatic carbocycles. The van der Waals surface area contributed by atoms with E-state index in [0.29, 0.717) is 6.54 Å². The molecule has 0 aliphatic carbocycles. The number of methoxy groups -OCH3 is 1. The minimum Gasteiger partial charge on any atom is -0.496 e. The number of hydrogen-bond acceptors (Lipinski definition) is 3. The van der Waals surface area contributed by atoms with Crippen LogP contribution < -0.4 is 15.6 Å². The summed E-state index contributed by atoms with van der Waals surface area (Å²) in [6.45, 7) is 3.70. The van der Waals surface area contributed by atoms with Crippen molar-refractivity contribution in [3.8, 4) is 17.0 Å². The van der Waals surface area contributed by atoms with Gasteiger partial charge in [0.05, 0.1) is 12.8 Å². The Morgan fingerprint density at radius 2 is 1.95 bits per heavy atom. The Hall–Kier alpha value is -2.07. The number of nitrogens with zero attached hydrogens (tertiary/aromatic N) is 1. The summed E-state index contributed by atoms with van der Waals surface area (Å²) in [4.78, 5) is 12.5. The number of nitrogens with one attached hydrogen (secondary N) is 1. The van der Waals surface area contributed by atoms with E-state index in [1.807, 2.05) is 36.4 Å². The minimum absolute atomic E-state index is 0.0346. The summed E-state index contributed by atoms with van der Waals surface area (Å²) in [5.74, 6) is 0.770. The predicted octanol–water partition coefficient (Wildman–Crippen LogP) is 2.95. The van der Waals surface area contributed by atoms with Crippen LogP contribution in [-0.4, -0.2) is 18.2 Å². The summed E-state index contributed by atoms with van der Waals surface area (Å²) >= 11 is 0. The van der Waals surface area contributed by atoms with Crippen molar-refractivity contribution in [3.63, 3.8) is 0 Å². The van der Waals surface area contributed by atoms with Crippen LogP contribution in [0.3, 0.4) is 0 Å². The Labute approximate surface area is 131 Å². The van der Waals surface area contributed by atoms with Gasteiger partial charge in [-0.05, 0) is 31.2 Å². The van der Waals surface area contributed by atoms with Crippen molar-refractivity contribution >= 4 is 0 Å². The predicted molar refractivity (Wildman–Crippen MR) is 90.3 cm³/mol. The van der Waals surface area contributed by atoms with E-state index in [0.717, 1.165) is 42.0 Å². The first-order valence-corrected chi connectivity index (χ1v) is 7.72. The highest BCUT2D eigenvalue weighted by Gasteiger charge is 2.11. The number of benzene rings is 1. The molecular formula is C18H24N2O2. The first-order chi connectivity index (χ1) is 10.7. The molecule has 118 valence electrons. The molecule has 0 spiro atoms. The van der Waals surface area contributed by atoms with Gasteiger partial charge in [-0.25, -0.2) is 0 Å². The molecule has 0 amide bonds. The Balaban J connectivity index is 2.29. The second-order valence-corrected chi connectivity index (χ2v) is 5.34. The largest absolute Gasteiger partial charge is 0.496 e. The molecular weight excluding hydrogens is 276 g/mol. The summed E-state index contributed by atoms with van der Waals surface area (Å²) in [6.07, 6.45) is 2.28. The van der Waals surface area contributed by atoms with Crippen molar-refractivity contribution in [2.24, 2.45) is 7.05 Å². The highest BCUT2D eigenvalue weighted by molar-refractivity contribution is 5.67. The molecule has 0 fully saturated rings. The zero-order valence-electron chi connectivity index (χ0n) is 13.6. The van der Waals surface area contributed by atoms with Crippen LogP contribution in [-0.2, 0) is 13.6 Å². The number of unbranched alkanes of at least 4 members (excludes halogenated alkanes) is 1. The molecule has 0 bridgehead atoms. The van der Waals surface area contributed by atoms with Crippen LogP contribution in [0, 0.1) is 0 Å². The molecule has 0 aliphatic rings. The van der Waals surface area contributed by atoms with Gasteiger partial charge in [0, 0.05) is 24.7 Å². The van der Waals surface area contributed by atoms with Gasteiger partial charge in [0.15, 0.2) is 0 Å². The normalized spacial score (nSPS) is 10.7. The third kappa shape index (κ3) is 3.57. The molecule has 0 saturated carbocycles. The lowest BCUT2D eigenvalue weighted by atomic mass is 10.1. The maximum absolute atomic E-state index is 12.5. The molecule has 1 N–H and O–H groups in total. The van der Waals surface area contributed by atoms with Gasteiger partial charge in [-0.15, -0.1) is 0 Å². The van der Waals surface area contributed by atoms with E-state index >= 15 is 0 Å². The van der Waals surface area contributed by atoms with Crippen LogP contribution in [0.5, 0.6) is 5.75 Å². The lowest BCUT2D eigenvalue weighted by Crippen LogP contribution is -2.26. The fourth-order valence-corrected chi connectivity index (χ4v) is 2.47. The third-order valence-electron chi connectivity index (χ3n) is 3.79. The van der Waals surface area contributed by atoms with E-state index in [-0.39, 0.29) is 5.56 Å². The summed E-state index contributed by atoms with van der Waals surface area (Å²) in [5, 5.41) is 3.31. The van der Waals surface area contributed by atoms with Crippen LogP contribution in [0.25, 0.3) is 11.3 Å².